The molecule has 3 fully saturated rings. The zero-order valence-electron chi connectivity index (χ0n) is 13.6. The normalized spacial score (nSPS) is 57.6. The topological polar surface area (TPSA) is 55.5 Å². The summed E-state index contributed by atoms with van der Waals surface area (Å²) in [6, 6.07) is 0. The third-order valence-electron chi connectivity index (χ3n) is 7.51. The fourth-order valence-electron chi connectivity index (χ4n) is 5.87. The summed E-state index contributed by atoms with van der Waals surface area (Å²) in [6.45, 7) is 4.69. The number of hydrogen-bond donors (Lipinski definition) is 2. The van der Waals surface area contributed by atoms with Gasteiger partial charge in [0, 0.05) is 10.8 Å². The lowest BCUT2D eigenvalue weighted by Gasteiger charge is -2.57. The molecule has 0 spiro atoms. The van der Waals surface area contributed by atoms with Crippen LogP contribution >= 0.6 is 0 Å². The maximum absolute atomic E-state index is 14.8. The van der Waals surface area contributed by atoms with Gasteiger partial charge in [0.1, 0.15) is 0 Å². The third kappa shape index (κ3) is 1.78. The predicted molar refractivity (Wildman–Crippen MR) is 82.8 cm³/mol. The van der Waals surface area contributed by atoms with Gasteiger partial charge in [0.15, 0.2) is 5.79 Å². The first-order valence-corrected chi connectivity index (χ1v) is 8.75. The van der Waals surface area contributed by atoms with Crippen LogP contribution in [0.5, 0.6) is 0 Å². The second kappa shape index (κ2) is 4.55. The number of ether oxygens (including phenoxy) is 1. The number of halogens is 1. The van der Waals surface area contributed by atoms with E-state index in [9.17, 15) is 9.50 Å². The minimum Gasteiger partial charge on any atom is -0.393 e. The molecule has 1 saturated heterocycles. The van der Waals surface area contributed by atoms with Crippen LogP contribution in [0, 0.1) is 22.7 Å². The van der Waals surface area contributed by atoms with Crippen molar-refractivity contribution in [2.45, 2.75) is 70.4 Å². The monoisotopic (exact) mass is 309 g/mol. The molecule has 2 saturated carbocycles. The molecule has 3 nitrogen and oxygen atoms in total. The highest BCUT2D eigenvalue weighted by Crippen LogP contribution is 2.62. The second-order valence-corrected chi connectivity index (χ2v) is 8.60. The van der Waals surface area contributed by atoms with E-state index in [1.807, 2.05) is 6.92 Å². The number of allylic oxidation sites excluding steroid dienone is 1. The quantitative estimate of drug-likeness (QED) is 0.534. The molecule has 3 N–H and O–H groups in total. The van der Waals surface area contributed by atoms with E-state index in [-0.39, 0.29) is 17.6 Å². The first-order chi connectivity index (χ1) is 10.3. The lowest BCUT2D eigenvalue weighted by molar-refractivity contribution is -0.196. The van der Waals surface area contributed by atoms with E-state index in [4.69, 9.17) is 10.5 Å². The Morgan fingerprint density at radius 1 is 1.32 bits per heavy atom. The smallest absolute Gasteiger partial charge is 0.167 e. The standard InChI is InChI=1S/C18H28FNO2/c1-16-7-5-12(21)9-11(16)3-4-13-14-6-8-18(19,20)17(14,2)10-22-15(13)16/h3,12-15,21H,4-10,20H2,1-2H3/t12?,13-,14-,15+,16-,17-,18?/m0/s1. The van der Waals surface area contributed by atoms with Crippen LogP contribution in [0.25, 0.3) is 0 Å². The summed E-state index contributed by atoms with van der Waals surface area (Å²) in [4.78, 5) is 0. The second-order valence-electron chi connectivity index (χ2n) is 8.60. The van der Waals surface area contributed by atoms with E-state index in [2.05, 4.69) is 13.0 Å². The highest BCUT2D eigenvalue weighted by Gasteiger charge is 2.64. The van der Waals surface area contributed by atoms with Crippen molar-refractivity contribution in [1.29, 1.82) is 0 Å². The fourth-order valence-corrected chi connectivity index (χ4v) is 5.87. The van der Waals surface area contributed by atoms with E-state index in [0.717, 1.165) is 32.1 Å². The Labute approximate surface area is 132 Å². The Morgan fingerprint density at radius 2 is 2.09 bits per heavy atom. The van der Waals surface area contributed by atoms with Crippen molar-refractivity contribution in [1.82, 2.24) is 0 Å². The number of nitrogens with two attached hydrogens (primary N) is 1. The number of alkyl halides is 1. The molecule has 0 amide bonds. The molecule has 4 rings (SSSR count). The van der Waals surface area contributed by atoms with E-state index in [1.54, 1.807) is 0 Å². The van der Waals surface area contributed by atoms with Crippen LogP contribution in [0.4, 0.5) is 4.39 Å². The molecule has 124 valence electrons. The van der Waals surface area contributed by atoms with E-state index in [0.29, 0.717) is 24.9 Å². The van der Waals surface area contributed by atoms with Gasteiger partial charge in [-0.15, -0.1) is 0 Å². The average Bonchev–Trinajstić information content (AvgIpc) is 2.70. The van der Waals surface area contributed by atoms with Gasteiger partial charge in [0.25, 0.3) is 0 Å². The van der Waals surface area contributed by atoms with Crippen LogP contribution in [0.3, 0.4) is 0 Å². The van der Waals surface area contributed by atoms with Gasteiger partial charge in [-0.2, -0.15) is 0 Å². The van der Waals surface area contributed by atoms with E-state index >= 15 is 0 Å². The summed E-state index contributed by atoms with van der Waals surface area (Å²) in [7, 11) is 0. The zero-order chi connectivity index (χ0) is 15.8. The minimum absolute atomic E-state index is 0.0135. The van der Waals surface area contributed by atoms with Crippen LogP contribution in [-0.2, 0) is 4.74 Å². The third-order valence-corrected chi connectivity index (χ3v) is 7.51. The van der Waals surface area contributed by atoms with Crippen LogP contribution in [0.15, 0.2) is 11.6 Å². The Kier molecular flexibility index (Phi) is 3.12. The first kappa shape index (κ1) is 15.1. The lowest BCUT2D eigenvalue weighted by atomic mass is 9.55. The molecule has 4 aliphatic rings. The number of aliphatic hydroxyl groups is 1. The van der Waals surface area contributed by atoms with Crippen LogP contribution in [-0.4, -0.2) is 29.7 Å². The summed E-state index contributed by atoms with van der Waals surface area (Å²) in [5, 5.41) is 9.97. The molecule has 1 aliphatic heterocycles. The molecule has 3 aliphatic carbocycles. The fraction of sp³-hybridized carbons (Fsp3) is 0.889. The number of rotatable bonds is 0. The van der Waals surface area contributed by atoms with Crippen LogP contribution < -0.4 is 5.73 Å². The molecule has 1 heterocycles. The summed E-state index contributed by atoms with van der Waals surface area (Å²) < 4.78 is 21.1. The maximum Gasteiger partial charge on any atom is 0.167 e. The minimum atomic E-state index is -1.60. The van der Waals surface area contributed by atoms with Gasteiger partial charge in [-0.05, 0) is 50.4 Å². The van der Waals surface area contributed by atoms with Crippen molar-refractivity contribution < 1.29 is 14.2 Å². The average molecular weight is 309 g/mol. The van der Waals surface area contributed by atoms with Gasteiger partial charge in [-0.25, -0.2) is 4.39 Å². The Balaban J connectivity index is 1.69. The highest BCUT2D eigenvalue weighted by molar-refractivity contribution is 5.26. The summed E-state index contributed by atoms with van der Waals surface area (Å²) in [6.07, 6.45) is 7.11. The number of hydrogen-bond acceptors (Lipinski definition) is 3. The number of fused-ring (bicyclic) bond motifs is 5. The molecule has 0 bridgehead atoms. The molecule has 22 heavy (non-hydrogen) atoms. The van der Waals surface area contributed by atoms with Gasteiger partial charge >= 0.3 is 0 Å². The molecule has 0 aromatic heterocycles. The molecule has 0 radical (unpaired) electrons. The molecule has 7 atom stereocenters. The lowest BCUT2D eigenvalue weighted by Crippen LogP contribution is -2.61. The van der Waals surface area contributed by atoms with E-state index in [1.165, 1.54) is 5.57 Å². The summed E-state index contributed by atoms with van der Waals surface area (Å²) >= 11 is 0. The SMILES string of the molecule is C[C@]12CCC(O)CC1=CC[C@@H]1[C@H]2OC[C@@]2(C)[C@H]1CCC2(N)F. The van der Waals surface area contributed by atoms with Crippen molar-refractivity contribution in [3.8, 4) is 0 Å². The summed E-state index contributed by atoms with van der Waals surface area (Å²) in [5.74, 6) is -0.928. The van der Waals surface area contributed by atoms with E-state index < -0.39 is 11.2 Å². The highest BCUT2D eigenvalue weighted by atomic mass is 19.1. The molecule has 4 heteroatoms. The van der Waals surface area contributed by atoms with Crippen molar-refractivity contribution in [2.24, 2.45) is 28.4 Å². The van der Waals surface area contributed by atoms with Crippen molar-refractivity contribution >= 4 is 0 Å². The Bertz CT molecular complexity index is 519. The van der Waals surface area contributed by atoms with Gasteiger partial charge in [-0.1, -0.05) is 25.5 Å². The molecule has 0 aromatic carbocycles. The Morgan fingerprint density at radius 3 is 2.86 bits per heavy atom. The molecular weight excluding hydrogens is 281 g/mol. The summed E-state index contributed by atoms with van der Waals surface area (Å²) in [5.41, 5.74) is 6.79. The van der Waals surface area contributed by atoms with Crippen LogP contribution in [0.2, 0.25) is 0 Å². The van der Waals surface area contributed by atoms with Gasteiger partial charge < -0.3 is 9.84 Å². The van der Waals surface area contributed by atoms with Crippen LogP contribution in [0.1, 0.15) is 52.4 Å². The van der Waals surface area contributed by atoms with Crippen molar-refractivity contribution in [3.05, 3.63) is 11.6 Å². The largest absolute Gasteiger partial charge is 0.393 e. The van der Waals surface area contributed by atoms with Crippen molar-refractivity contribution in [2.75, 3.05) is 6.61 Å². The number of aliphatic hydroxyl groups excluding tert-OH is 1. The first-order valence-electron chi connectivity index (χ1n) is 8.75. The molecule has 2 unspecified atom stereocenters. The van der Waals surface area contributed by atoms with Gasteiger partial charge in [-0.3, -0.25) is 5.73 Å². The van der Waals surface area contributed by atoms with Gasteiger partial charge in [0.2, 0.25) is 0 Å². The molecule has 0 aromatic rings. The van der Waals surface area contributed by atoms with Gasteiger partial charge in [0.05, 0.1) is 18.8 Å². The zero-order valence-corrected chi connectivity index (χ0v) is 13.6. The predicted octanol–water partition coefficient (Wildman–Crippen LogP) is 2.92. The molecular formula is C18H28FNO2. The van der Waals surface area contributed by atoms with Crippen molar-refractivity contribution in [3.63, 3.8) is 0 Å². The Hall–Kier alpha value is -0.450. The maximum atomic E-state index is 14.8.